The zero-order chi connectivity index (χ0) is 17.9. The van der Waals surface area contributed by atoms with Gasteiger partial charge in [0.1, 0.15) is 18.5 Å². The number of hydrogen-bond acceptors (Lipinski definition) is 7. The van der Waals surface area contributed by atoms with Crippen LogP contribution < -0.4 is 9.80 Å². The van der Waals surface area contributed by atoms with Crippen molar-refractivity contribution in [2.24, 2.45) is 0 Å². The summed E-state index contributed by atoms with van der Waals surface area (Å²) in [6.45, 7) is 4.66. The monoisotopic (exact) mass is 354 g/mol. The van der Waals surface area contributed by atoms with Crippen molar-refractivity contribution in [2.75, 3.05) is 36.0 Å². The molecule has 1 saturated heterocycles. The molecule has 0 atom stereocenters. The number of piperazine rings is 1. The molecule has 3 aromatic heterocycles. The number of hydrogen-bond donors (Lipinski definition) is 0. The van der Waals surface area contributed by atoms with Crippen LogP contribution in [0, 0.1) is 5.82 Å². The predicted octanol–water partition coefficient (Wildman–Crippen LogP) is 1.48. The van der Waals surface area contributed by atoms with Crippen LogP contribution in [0.4, 0.5) is 16.0 Å². The summed E-state index contributed by atoms with van der Waals surface area (Å²) in [6, 6.07) is 3.75. The molecule has 1 fully saturated rings. The minimum atomic E-state index is -0.313. The number of aryl methyl sites for hydroxylation is 1. The molecule has 0 N–H and O–H groups in total. The lowest BCUT2D eigenvalue weighted by Gasteiger charge is -2.36. The topological polar surface area (TPSA) is 75.9 Å². The Morgan fingerprint density at radius 1 is 0.962 bits per heavy atom. The van der Waals surface area contributed by atoms with Crippen molar-refractivity contribution >= 4 is 11.6 Å². The van der Waals surface area contributed by atoms with Gasteiger partial charge in [-0.2, -0.15) is 5.10 Å². The standard InChI is InChI=1S/C17H19FN8/c1-2-13-16(18)17(22-11-19-13)25-8-6-24(7-9-25)14-10-15(21-12-20-14)26-5-3-4-23-26/h3-5,10-12H,2,6-9H2,1H3. The molecule has 0 spiro atoms. The zero-order valence-corrected chi connectivity index (χ0v) is 14.5. The van der Waals surface area contributed by atoms with Crippen molar-refractivity contribution in [1.82, 2.24) is 29.7 Å². The summed E-state index contributed by atoms with van der Waals surface area (Å²) in [4.78, 5) is 20.9. The SMILES string of the molecule is CCc1ncnc(N2CCN(c3cc(-n4cccn4)ncn3)CC2)c1F. The number of nitrogens with zero attached hydrogens (tertiary/aromatic N) is 8. The van der Waals surface area contributed by atoms with Gasteiger partial charge in [0.25, 0.3) is 0 Å². The van der Waals surface area contributed by atoms with Crippen LogP contribution in [0.2, 0.25) is 0 Å². The Kier molecular flexibility index (Phi) is 4.42. The Bertz CT molecular complexity index is 874. The first-order chi connectivity index (χ1) is 12.8. The van der Waals surface area contributed by atoms with Crippen LogP contribution in [0.1, 0.15) is 12.6 Å². The second kappa shape index (κ2) is 7.03. The van der Waals surface area contributed by atoms with Crippen molar-refractivity contribution in [3.63, 3.8) is 0 Å². The molecule has 8 nitrogen and oxygen atoms in total. The van der Waals surface area contributed by atoms with Crippen molar-refractivity contribution < 1.29 is 4.39 Å². The van der Waals surface area contributed by atoms with E-state index in [1.807, 2.05) is 30.2 Å². The van der Waals surface area contributed by atoms with Crippen molar-refractivity contribution in [3.05, 3.63) is 48.7 Å². The first-order valence-electron chi connectivity index (χ1n) is 8.57. The fourth-order valence-corrected chi connectivity index (χ4v) is 3.05. The van der Waals surface area contributed by atoms with Gasteiger partial charge in [0.15, 0.2) is 17.5 Å². The van der Waals surface area contributed by atoms with E-state index in [9.17, 15) is 4.39 Å². The molecule has 26 heavy (non-hydrogen) atoms. The van der Waals surface area contributed by atoms with E-state index in [0.29, 0.717) is 31.0 Å². The fraction of sp³-hybridized carbons (Fsp3) is 0.353. The van der Waals surface area contributed by atoms with E-state index >= 15 is 0 Å². The predicted molar refractivity (Wildman–Crippen MR) is 94.9 cm³/mol. The summed E-state index contributed by atoms with van der Waals surface area (Å²) in [5.74, 6) is 1.63. The molecular formula is C17H19FN8. The number of aromatic nitrogens is 6. The van der Waals surface area contributed by atoms with E-state index < -0.39 is 0 Å². The lowest BCUT2D eigenvalue weighted by atomic mass is 10.2. The van der Waals surface area contributed by atoms with Gasteiger partial charge in [-0.1, -0.05) is 6.92 Å². The molecule has 4 heterocycles. The van der Waals surface area contributed by atoms with Crippen LogP contribution in [0.3, 0.4) is 0 Å². The normalized spacial score (nSPS) is 14.7. The van der Waals surface area contributed by atoms with Gasteiger partial charge in [-0.15, -0.1) is 0 Å². The molecular weight excluding hydrogens is 335 g/mol. The van der Waals surface area contributed by atoms with Gasteiger partial charge < -0.3 is 9.80 Å². The first-order valence-corrected chi connectivity index (χ1v) is 8.57. The van der Waals surface area contributed by atoms with Gasteiger partial charge in [-0.25, -0.2) is 29.0 Å². The Morgan fingerprint density at radius 3 is 2.42 bits per heavy atom. The lowest BCUT2D eigenvalue weighted by molar-refractivity contribution is 0.567. The molecule has 1 aliphatic rings. The van der Waals surface area contributed by atoms with Gasteiger partial charge in [0.2, 0.25) is 0 Å². The largest absolute Gasteiger partial charge is 0.353 e. The smallest absolute Gasteiger partial charge is 0.187 e. The molecule has 3 aromatic rings. The molecule has 0 aromatic carbocycles. The van der Waals surface area contributed by atoms with Crippen LogP contribution in [-0.4, -0.2) is 55.9 Å². The average Bonchev–Trinajstić information content (AvgIpc) is 3.23. The number of anilines is 2. The molecule has 0 unspecified atom stereocenters. The summed E-state index contributed by atoms with van der Waals surface area (Å²) in [5, 5.41) is 4.19. The third kappa shape index (κ3) is 3.07. The van der Waals surface area contributed by atoms with E-state index in [0.717, 1.165) is 24.7 Å². The molecule has 9 heteroatoms. The molecule has 1 aliphatic heterocycles. The van der Waals surface area contributed by atoms with Crippen molar-refractivity contribution in [1.29, 1.82) is 0 Å². The van der Waals surface area contributed by atoms with Crippen LogP contribution in [0.5, 0.6) is 0 Å². The maximum atomic E-state index is 14.5. The third-order valence-electron chi connectivity index (χ3n) is 4.46. The summed E-state index contributed by atoms with van der Waals surface area (Å²) < 4.78 is 16.2. The highest BCUT2D eigenvalue weighted by atomic mass is 19.1. The summed E-state index contributed by atoms with van der Waals surface area (Å²) in [7, 11) is 0. The molecule has 0 aliphatic carbocycles. The Morgan fingerprint density at radius 2 is 1.69 bits per heavy atom. The maximum Gasteiger partial charge on any atom is 0.187 e. The minimum Gasteiger partial charge on any atom is -0.353 e. The number of rotatable bonds is 4. The summed E-state index contributed by atoms with van der Waals surface area (Å²) in [5.41, 5.74) is 0.456. The van der Waals surface area contributed by atoms with Crippen LogP contribution >= 0.6 is 0 Å². The summed E-state index contributed by atoms with van der Waals surface area (Å²) in [6.07, 6.45) is 7.08. The molecule has 0 amide bonds. The Labute approximate surface area is 150 Å². The minimum absolute atomic E-state index is 0.313. The van der Waals surface area contributed by atoms with Crippen molar-refractivity contribution in [2.45, 2.75) is 13.3 Å². The second-order valence-corrected chi connectivity index (χ2v) is 5.97. The quantitative estimate of drug-likeness (QED) is 0.702. The Hall–Kier alpha value is -3.10. The van der Waals surface area contributed by atoms with Gasteiger partial charge in [-0.05, 0) is 12.5 Å². The highest BCUT2D eigenvalue weighted by Crippen LogP contribution is 2.22. The first kappa shape index (κ1) is 16.4. The highest BCUT2D eigenvalue weighted by molar-refractivity contribution is 5.47. The van der Waals surface area contributed by atoms with Crippen LogP contribution in [0.15, 0.2) is 37.2 Å². The second-order valence-electron chi connectivity index (χ2n) is 5.97. The van der Waals surface area contributed by atoms with Gasteiger partial charge >= 0.3 is 0 Å². The van der Waals surface area contributed by atoms with E-state index in [-0.39, 0.29) is 5.82 Å². The highest BCUT2D eigenvalue weighted by Gasteiger charge is 2.23. The molecule has 0 saturated carbocycles. The van der Waals surface area contributed by atoms with Crippen LogP contribution in [0.25, 0.3) is 5.82 Å². The van der Waals surface area contributed by atoms with Gasteiger partial charge in [0.05, 0.1) is 5.69 Å². The third-order valence-corrected chi connectivity index (χ3v) is 4.46. The maximum absolute atomic E-state index is 14.5. The van der Waals surface area contributed by atoms with E-state index in [1.165, 1.54) is 12.7 Å². The zero-order valence-electron chi connectivity index (χ0n) is 14.5. The van der Waals surface area contributed by atoms with E-state index in [2.05, 4.69) is 29.9 Å². The molecule has 0 radical (unpaired) electrons. The Balaban J connectivity index is 1.48. The number of halogens is 1. The van der Waals surface area contributed by atoms with E-state index in [1.54, 1.807) is 10.9 Å². The molecule has 134 valence electrons. The molecule has 0 bridgehead atoms. The van der Waals surface area contributed by atoms with E-state index in [4.69, 9.17) is 0 Å². The summed E-state index contributed by atoms with van der Waals surface area (Å²) >= 11 is 0. The van der Waals surface area contributed by atoms with Crippen LogP contribution in [-0.2, 0) is 6.42 Å². The average molecular weight is 354 g/mol. The van der Waals surface area contributed by atoms with Crippen molar-refractivity contribution in [3.8, 4) is 5.82 Å². The molecule has 4 rings (SSSR count). The van der Waals surface area contributed by atoms with Gasteiger partial charge in [0, 0.05) is 44.6 Å². The lowest BCUT2D eigenvalue weighted by Crippen LogP contribution is -2.47. The van der Waals surface area contributed by atoms with Gasteiger partial charge in [-0.3, -0.25) is 0 Å². The fourth-order valence-electron chi connectivity index (χ4n) is 3.05.